The van der Waals surface area contributed by atoms with E-state index in [1.54, 1.807) is 20.3 Å². The highest BCUT2D eigenvalue weighted by molar-refractivity contribution is 5.57. The molecule has 0 bridgehead atoms. The number of rotatable bonds is 7. The van der Waals surface area contributed by atoms with Gasteiger partial charge in [-0.05, 0) is 35.9 Å². The van der Waals surface area contributed by atoms with E-state index >= 15 is 0 Å². The molecule has 0 unspecified atom stereocenters. The molecule has 2 N–H and O–H groups in total. The van der Waals surface area contributed by atoms with E-state index in [1.807, 2.05) is 12.1 Å². The molecule has 0 aliphatic carbocycles. The van der Waals surface area contributed by atoms with E-state index in [-0.39, 0.29) is 17.5 Å². The first-order chi connectivity index (χ1) is 13.5. The molecule has 3 aromatic rings. The van der Waals surface area contributed by atoms with Gasteiger partial charge in [0.05, 0.1) is 19.9 Å². The topological polar surface area (TPSA) is 68.3 Å². The summed E-state index contributed by atoms with van der Waals surface area (Å²) in [5, 5.41) is 5.63. The van der Waals surface area contributed by atoms with Crippen molar-refractivity contribution in [2.24, 2.45) is 0 Å². The molecule has 28 heavy (non-hydrogen) atoms. The van der Waals surface area contributed by atoms with Crippen molar-refractivity contribution in [1.82, 2.24) is 9.97 Å². The van der Waals surface area contributed by atoms with Crippen LogP contribution in [-0.2, 0) is 6.54 Å². The molecule has 0 atom stereocenters. The highest BCUT2D eigenvalue weighted by Crippen LogP contribution is 2.28. The highest BCUT2D eigenvalue weighted by Gasteiger charge is 2.14. The van der Waals surface area contributed by atoms with Crippen molar-refractivity contribution in [2.45, 2.75) is 6.54 Å². The van der Waals surface area contributed by atoms with Crippen LogP contribution in [0.2, 0.25) is 0 Å². The van der Waals surface area contributed by atoms with Crippen LogP contribution in [-0.4, -0.2) is 24.2 Å². The van der Waals surface area contributed by atoms with Gasteiger partial charge in [0.2, 0.25) is 5.95 Å². The van der Waals surface area contributed by atoms with Crippen LogP contribution in [0.4, 0.5) is 30.6 Å². The smallest absolute Gasteiger partial charge is 0.224 e. The molecular weight excluding hydrogens is 373 g/mol. The fraction of sp³-hybridized carbons (Fsp3) is 0.158. The maximum absolute atomic E-state index is 13.8. The highest BCUT2D eigenvalue weighted by atomic mass is 19.2. The minimum atomic E-state index is -1.55. The number of hydrogen-bond donors (Lipinski definition) is 2. The van der Waals surface area contributed by atoms with Gasteiger partial charge in [-0.1, -0.05) is 6.07 Å². The minimum Gasteiger partial charge on any atom is -0.493 e. The summed E-state index contributed by atoms with van der Waals surface area (Å²) in [5.41, 5.74) is 0.662. The Labute approximate surface area is 159 Å². The number of halogens is 3. The van der Waals surface area contributed by atoms with Crippen molar-refractivity contribution < 1.29 is 22.6 Å². The average molecular weight is 390 g/mol. The normalized spacial score (nSPS) is 10.5. The maximum atomic E-state index is 13.8. The molecule has 0 saturated heterocycles. The van der Waals surface area contributed by atoms with Gasteiger partial charge in [-0.3, -0.25) is 0 Å². The van der Waals surface area contributed by atoms with Crippen molar-refractivity contribution in [1.29, 1.82) is 0 Å². The molecule has 1 heterocycles. The molecule has 146 valence electrons. The second-order valence-electron chi connectivity index (χ2n) is 5.66. The fourth-order valence-electron chi connectivity index (χ4n) is 2.45. The lowest BCUT2D eigenvalue weighted by molar-refractivity contribution is 0.354. The first-order valence-electron chi connectivity index (χ1n) is 8.20. The summed E-state index contributed by atoms with van der Waals surface area (Å²) >= 11 is 0. The third kappa shape index (κ3) is 4.25. The van der Waals surface area contributed by atoms with E-state index in [0.717, 1.165) is 17.7 Å². The standard InChI is InChI=1S/C19H17F3N4O2/c1-27-14-6-3-11(9-15(14)28-2)10-24-19-23-8-7-16(26-19)25-13-5-4-12(20)17(21)18(13)22/h3-9H,10H2,1-2H3,(H2,23,24,25,26). The molecule has 0 fully saturated rings. The molecule has 2 aromatic carbocycles. The van der Waals surface area contributed by atoms with Crippen LogP contribution in [0.1, 0.15) is 5.56 Å². The molecule has 0 saturated carbocycles. The van der Waals surface area contributed by atoms with Crippen LogP contribution < -0.4 is 20.1 Å². The van der Waals surface area contributed by atoms with Gasteiger partial charge >= 0.3 is 0 Å². The molecular formula is C19H17F3N4O2. The van der Waals surface area contributed by atoms with Gasteiger partial charge in [0.15, 0.2) is 29.0 Å². The van der Waals surface area contributed by atoms with Crippen LogP contribution in [0.25, 0.3) is 0 Å². The minimum absolute atomic E-state index is 0.217. The third-order valence-corrected chi connectivity index (χ3v) is 3.85. The summed E-state index contributed by atoms with van der Waals surface area (Å²) in [4.78, 5) is 8.26. The summed E-state index contributed by atoms with van der Waals surface area (Å²) in [6.07, 6.45) is 1.45. The number of nitrogens with one attached hydrogen (secondary N) is 2. The Morgan fingerprint density at radius 2 is 1.71 bits per heavy atom. The summed E-state index contributed by atoms with van der Waals surface area (Å²) in [7, 11) is 3.10. The second-order valence-corrected chi connectivity index (χ2v) is 5.66. The van der Waals surface area contributed by atoms with Crippen LogP contribution >= 0.6 is 0 Å². The van der Waals surface area contributed by atoms with Crippen molar-refractivity contribution in [3.63, 3.8) is 0 Å². The number of benzene rings is 2. The molecule has 6 nitrogen and oxygen atoms in total. The lowest BCUT2D eigenvalue weighted by atomic mass is 10.2. The Hall–Kier alpha value is -3.49. The number of ether oxygens (including phenoxy) is 2. The first-order valence-corrected chi connectivity index (χ1v) is 8.20. The van der Waals surface area contributed by atoms with Crippen molar-refractivity contribution in [2.75, 3.05) is 24.9 Å². The SMILES string of the molecule is COc1ccc(CNc2nccc(Nc3ccc(F)c(F)c3F)n2)cc1OC. The first kappa shape index (κ1) is 19.3. The van der Waals surface area contributed by atoms with Crippen molar-refractivity contribution >= 4 is 17.5 Å². The van der Waals surface area contributed by atoms with E-state index < -0.39 is 17.5 Å². The number of hydrogen-bond acceptors (Lipinski definition) is 6. The predicted octanol–water partition coefficient (Wildman–Crippen LogP) is 4.27. The number of nitrogens with zero attached hydrogens (tertiary/aromatic N) is 2. The van der Waals surface area contributed by atoms with Crippen LogP contribution in [0.15, 0.2) is 42.6 Å². The molecule has 0 spiro atoms. The maximum Gasteiger partial charge on any atom is 0.224 e. The Morgan fingerprint density at radius 3 is 2.46 bits per heavy atom. The summed E-state index contributed by atoms with van der Waals surface area (Å²) in [6.45, 7) is 0.392. The fourth-order valence-corrected chi connectivity index (χ4v) is 2.45. The van der Waals surface area contributed by atoms with Crippen molar-refractivity contribution in [3.8, 4) is 11.5 Å². The number of anilines is 3. The van der Waals surface area contributed by atoms with Gasteiger partial charge in [-0.2, -0.15) is 4.98 Å². The quantitative estimate of drug-likeness (QED) is 0.588. The zero-order valence-corrected chi connectivity index (χ0v) is 15.1. The molecule has 0 aliphatic rings. The average Bonchev–Trinajstić information content (AvgIpc) is 2.72. The Balaban J connectivity index is 1.71. The van der Waals surface area contributed by atoms with Crippen LogP contribution in [0.3, 0.4) is 0 Å². The van der Waals surface area contributed by atoms with Crippen LogP contribution in [0.5, 0.6) is 11.5 Å². The van der Waals surface area contributed by atoms with Gasteiger partial charge < -0.3 is 20.1 Å². The molecule has 9 heteroatoms. The lowest BCUT2D eigenvalue weighted by Gasteiger charge is -2.11. The van der Waals surface area contributed by atoms with Gasteiger partial charge in [-0.15, -0.1) is 0 Å². The lowest BCUT2D eigenvalue weighted by Crippen LogP contribution is -2.06. The second kappa shape index (κ2) is 8.47. The molecule has 3 rings (SSSR count). The van der Waals surface area contributed by atoms with E-state index in [9.17, 15) is 13.2 Å². The summed E-state index contributed by atoms with van der Waals surface area (Å²) in [5.74, 6) is -2.45. The Morgan fingerprint density at radius 1 is 0.929 bits per heavy atom. The molecule has 0 aliphatic heterocycles. The zero-order valence-electron chi connectivity index (χ0n) is 15.1. The molecule has 1 aromatic heterocycles. The monoisotopic (exact) mass is 390 g/mol. The van der Waals surface area contributed by atoms with E-state index in [2.05, 4.69) is 20.6 Å². The summed E-state index contributed by atoms with van der Waals surface area (Å²) in [6, 6.07) is 8.84. The number of aromatic nitrogens is 2. The van der Waals surface area contributed by atoms with E-state index in [4.69, 9.17) is 9.47 Å². The predicted molar refractivity (Wildman–Crippen MR) is 98.5 cm³/mol. The zero-order chi connectivity index (χ0) is 20.1. The van der Waals surface area contributed by atoms with Crippen molar-refractivity contribution in [3.05, 3.63) is 65.6 Å². The number of methoxy groups -OCH3 is 2. The van der Waals surface area contributed by atoms with Gasteiger partial charge in [-0.25, -0.2) is 18.2 Å². The molecule has 0 radical (unpaired) electrons. The molecule has 0 amide bonds. The van der Waals surface area contributed by atoms with E-state index in [1.165, 1.54) is 12.3 Å². The van der Waals surface area contributed by atoms with Gasteiger partial charge in [0.1, 0.15) is 5.82 Å². The third-order valence-electron chi connectivity index (χ3n) is 3.85. The Bertz CT molecular complexity index is 985. The summed E-state index contributed by atoms with van der Waals surface area (Å²) < 4.78 is 50.6. The van der Waals surface area contributed by atoms with E-state index in [0.29, 0.717) is 18.0 Å². The largest absolute Gasteiger partial charge is 0.493 e. The Kier molecular flexibility index (Phi) is 5.83. The van der Waals surface area contributed by atoms with Gasteiger partial charge in [0, 0.05) is 12.7 Å². The van der Waals surface area contributed by atoms with Crippen LogP contribution in [0, 0.1) is 17.5 Å². The van der Waals surface area contributed by atoms with Gasteiger partial charge in [0.25, 0.3) is 0 Å².